The first kappa shape index (κ1) is 12.9. The summed E-state index contributed by atoms with van der Waals surface area (Å²) in [6.45, 7) is 2.09. The number of aromatic nitrogens is 2. The van der Waals surface area contributed by atoms with Crippen molar-refractivity contribution in [2.24, 2.45) is 5.92 Å². The van der Waals surface area contributed by atoms with Gasteiger partial charge >= 0.3 is 5.97 Å². The highest BCUT2D eigenvalue weighted by Gasteiger charge is 2.27. The fourth-order valence-electron chi connectivity index (χ4n) is 2.02. The van der Waals surface area contributed by atoms with Gasteiger partial charge in [-0.3, -0.25) is 0 Å². The molecule has 0 fully saturated rings. The van der Waals surface area contributed by atoms with Gasteiger partial charge in [0.15, 0.2) is 0 Å². The van der Waals surface area contributed by atoms with Crippen LogP contribution in [0.15, 0.2) is 40.3 Å². The van der Waals surface area contributed by atoms with E-state index >= 15 is 0 Å². The Balaban J connectivity index is 1.90. The van der Waals surface area contributed by atoms with E-state index in [-0.39, 0.29) is 10.8 Å². The van der Waals surface area contributed by atoms with Crippen LogP contribution in [0, 0.1) is 5.92 Å². The van der Waals surface area contributed by atoms with Crippen molar-refractivity contribution in [1.82, 2.24) is 10.1 Å². The lowest BCUT2D eigenvalue weighted by Gasteiger charge is -2.07. The summed E-state index contributed by atoms with van der Waals surface area (Å²) in [6, 6.07) is 6.51. The number of benzene rings is 1. The number of nitrogens with zero attached hydrogens (tertiary/aromatic N) is 2. The smallest absolute Gasteiger partial charge is 0.335 e. The number of hydrogen-bond donors (Lipinski definition) is 1. The molecule has 1 N–H and O–H groups in total. The molecule has 2 aromatic rings. The minimum absolute atomic E-state index is 0.138. The van der Waals surface area contributed by atoms with Crippen LogP contribution in [0.25, 0.3) is 11.4 Å². The average molecular weight is 288 g/mol. The molecule has 1 aromatic carbocycles. The zero-order valence-corrected chi connectivity index (χ0v) is 11.5. The Morgan fingerprint density at radius 3 is 3.00 bits per heavy atom. The lowest BCUT2D eigenvalue weighted by molar-refractivity contribution is 0.0697. The van der Waals surface area contributed by atoms with Crippen LogP contribution in [0.1, 0.15) is 28.4 Å². The molecule has 5 nitrogen and oxygen atoms in total. The standard InChI is InChI=1S/C14H12N2O3S/c1-8-5-6-20-11(8)13-15-12(16-19-13)9-3-2-4-10(7-9)14(17)18/h2-8,11H,1H3,(H,17,18). The van der Waals surface area contributed by atoms with Crippen LogP contribution in [0.3, 0.4) is 0 Å². The van der Waals surface area contributed by atoms with Gasteiger partial charge in [0.25, 0.3) is 0 Å². The number of hydrogen-bond acceptors (Lipinski definition) is 5. The van der Waals surface area contributed by atoms with Crippen LogP contribution in [0.2, 0.25) is 0 Å². The SMILES string of the molecule is CC1C=CSC1c1nc(-c2cccc(C(=O)O)c2)no1. The van der Waals surface area contributed by atoms with Crippen molar-refractivity contribution in [3.05, 3.63) is 47.2 Å². The molecule has 3 rings (SSSR count). The summed E-state index contributed by atoms with van der Waals surface area (Å²) in [5, 5.41) is 15.1. The van der Waals surface area contributed by atoms with Crippen molar-refractivity contribution in [3.63, 3.8) is 0 Å². The topological polar surface area (TPSA) is 76.2 Å². The first-order valence-electron chi connectivity index (χ1n) is 6.14. The van der Waals surface area contributed by atoms with Gasteiger partial charge in [-0.05, 0) is 23.5 Å². The molecule has 0 radical (unpaired) electrons. The molecular formula is C14H12N2O3S. The molecule has 0 saturated carbocycles. The molecule has 2 unspecified atom stereocenters. The molecule has 0 amide bonds. The summed E-state index contributed by atoms with van der Waals surface area (Å²) in [5.41, 5.74) is 0.850. The maximum Gasteiger partial charge on any atom is 0.335 e. The molecular weight excluding hydrogens is 276 g/mol. The Hall–Kier alpha value is -2.08. The average Bonchev–Trinajstić information content (AvgIpc) is 3.07. The number of rotatable bonds is 3. The van der Waals surface area contributed by atoms with E-state index < -0.39 is 5.97 Å². The Bertz CT molecular complexity index is 681. The quantitative estimate of drug-likeness (QED) is 0.933. The van der Waals surface area contributed by atoms with Gasteiger partial charge in [0.05, 0.1) is 10.8 Å². The summed E-state index contributed by atoms with van der Waals surface area (Å²) < 4.78 is 5.30. The fraction of sp³-hybridized carbons (Fsp3) is 0.214. The Labute approximate surface area is 119 Å². The van der Waals surface area contributed by atoms with Crippen molar-refractivity contribution in [2.75, 3.05) is 0 Å². The van der Waals surface area contributed by atoms with E-state index in [0.29, 0.717) is 23.2 Å². The van der Waals surface area contributed by atoms with E-state index in [4.69, 9.17) is 9.63 Å². The Kier molecular flexibility index (Phi) is 3.31. The molecule has 0 aliphatic carbocycles. The van der Waals surface area contributed by atoms with E-state index in [2.05, 4.69) is 23.1 Å². The number of thioether (sulfide) groups is 1. The third-order valence-electron chi connectivity index (χ3n) is 3.14. The third kappa shape index (κ3) is 2.34. The lowest BCUT2D eigenvalue weighted by Crippen LogP contribution is -1.99. The molecule has 102 valence electrons. The zero-order valence-electron chi connectivity index (χ0n) is 10.7. The van der Waals surface area contributed by atoms with Gasteiger partial charge in [-0.1, -0.05) is 30.3 Å². The molecule has 2 atom stereocenters. The normalized spacial score (nSPS) is 21.2. The number of allylic oxidation sites excluding steroid dienone is 1. The highest BCUT2D eigenvalue weighted by Crippen LogP contribution is 2.42. The molecule has 0 saturated heterocycles. The predicted octanol–water partition coefficient (Wildman–Crippen LogP) is 3.37. The third-order valence-corrected chi connectivity index (χ3v) is 4.38. The van der Waals surface area contributed by atoms with Crippen molar-refractivity contribution >= 4 is 17.7 Å². The summed E-state index contributed by atoms with van der Waals surface area (Å²) in [7, 11) is 0. The van der Waals surface area contributed by atoms with E-state index in [9.17, 15) is 4.79 Å². The molecule has 6 heteroatoms. The van der Waals surface area contributed by atoms with Gasteiger partial charge in [0, 0.05) is 5.56 Å². The maximum atomic E-state index is 11.0. The van der Waals surface area contributed by atoms with Gasteiger partial charge < -0.3 is 9.63 Å². The van der Waals surface area contributed by atoms with Crippen LogP contribution in [-0.4, -0.2) is 21.2 Å². The number of carboxylic acids is 1. The molecule has 0 bridgehead atoms. The summed E-state index contributed by atoms with van der Waals surface area (Å²) >= 11 is 1.65. The van der Waals surface area contributed by atoms with Gasteiger partial charge in [-0.15, -0.1) is 11.8 Å². The number of aromatic carboxylic acids is 1. The first-order valence-corrected chi connectivity index (χ1v) is 7.09. The Morgan fingerprint density at radius 2 is 2.30 bits per heavy atom. The van der Waals surface area contributed by atoms with E-state index in [1.54, 1.807) is 30.0 Å². The highest BCUT2D eigenvalue weighted by atomic mass is 32.2. The highest BCUT2D eigenvalue weighted by molar-refractivity contribution is 8.02. The molecule has 20 heavy (non-hydrogen) atoms. The molecule has 1 aliphatic rings. The van der Waals surface area contributed by atoms with Crippen LogP contribution >= 0.6 is 11.8 Å². The molecule has 1 aromatic heterocycles. The minimum atomic E-state index is -0.972. The van der Waals surface area contributed by atoms with Crippen LogP contribution < -0.4 is 0 Å². The van der Waals surface area contributed by atoms with E-state index in [1.807, 2.05) is 5.41 Å². The maximum absolute atomic E-state index is 11.0. The van der Waals surface area contributed by atoms with Crippen molar-refractivity contribution in [2.45, 2.75) is 12.2 Å². The second kappa shape index (κ2) is 5.13. The Morgan fingerprint density at radius 1 is 1.45 bits per heavy atom. The summed E-state index contributed by atoms with van der Waals surface area (Å²) in [4.78, 5) is 15.3. The minimum Gasteiger partial charge on any atom is -0.478 e. The monoisotopic (exact) mass is 288 g/mol. The molecule has 0 spiro atoms. The first-order chi connectivity index (χ1) is 9.65. The van der Waals surface area contributed by atoms with Crippen molar-refractivity contribution in [3.8, 4) is 11.4 Å². The molecule has 2 heterocycles. The van der Waals surface area contributed by atoms with Gasteiger partial charge in [-0.2, -0.15) is 4.98 Å². The van der Waals surface area contributed by atoms with E-state index in [0.717, 1.165) is 0 Å². The fourth-order valence-corrected chi connectivity index (χ4v) is 3.08. The predicted molar refractivity (Wildman–Crippen MR) is 75.3 cm³/mol. The van der Waals surface area contributed by atoms with Gasteiger partial charge in [-0.25, -0.2) is 4.79 Å². The van der Waals surface area contributed by atoms with Crippen molar-refractivity contribution in [1.29, 1.82) is 0 Å². The van der Waals surface area contributed by atoms with E-state index in [1.165, 1.54) is 6.07 Å². The van der Waals surface area contributed by atoms with Gasteiger partial charge in [0.1, 0.15) is 0 Å². The van der Waals surface area contributed by atoms with Crippen molar-refractivity contribution < 1.29 is 14.4 Å². The van der Waals surface area contributed by atoms with Crippen LogP contribution in [-0.2, 0) is 0 Å². The second-order valence-electron chi connectivity index (χ2n) is 4.59. The summed E-state index contributed by atoms with van der Waals surface area (Å²) in [5.74, 6) is 0.365. The summed E-state index contributed by atoms with van der Waals surface area (Å²) in [6.07, 6.45) is 2.10. The van der Waals surface area contributed by atoms with Crippen LogP contribution in [0.5, 0.6) is 0 Å². The largest absolute Gasteiger partial charge is 0.478 e. The second-order valence-corrected chi connectivity index (χ2v) is 5.64. The van der Waals surface area contributed by atoms with Gasteiger partial charge in [0.2, 0.25) is 11.7 Å². The number of carbonyl (C=O) groups is 1. The zero-order chi connectivity index (χ0) is 14.1. The van der Waals surface area contributed by atoms with Crippen LogP contribution in [0.4, 0.5) is 0 Å². The number of carboxylic acid groups (broad SMARTS) is 1. The molecule has 1 aliphatic heterocycles. The lowest BCUT2D eigenvalue weighted by atomic mass is 10.1.